The van der Waals surface area contributed by atoms with E-state index in [1.807, 2.05) is 0 Å². The Hall–Kier alpha value is -2.25. The van der Waals surface area contributed by atoms with Crippen molar-refractivity contribution in [3.63, 3.8) is 0 Å². The van der Waals surface area contributed by atoms with Crippen molar-refractivity contribution >= 4 is 17.7 Å². The van der Waals surface area contributed by atoms with Gasteiger partial charge in [0.15, 0.2) is 17.5 Å². The molecule has 19 heavy (non-hydrogen) atoms. The summed E-state index contributed by atoms with van der Waals surface area (Å²) in [4.78, 5) is 23.2. The predicted molar refractivity (Wildman–Crippen MR) is 58.0 cm³/mol. The minimum Gasteiger partial charge on any atom is -0.481 e. The molecule has 0 spiro atoms. The molecule has 1 aromatic carbocycles. The fourth-order valence-corrected chi connectivity index (χ4v) is 1.62. The first kappa shape index (κ1) is 13.2. The van der Waals surface area contributed by atoms with Crippen LogP contribution in [-0.4, -0.2) is 35.1 Å². The quantitative estimate of drug-likeness (QED) is 0.806. The second-order valence-corrected chi connectivity index (χ2v) is 4.09. The second kappa shape index (κ2) is 4.79. The third-order valence-corrected chi connectivity index (χ3v) is 2.79. The summed E-state index contributed by atoms with van der Waals surface area (Å²) < 4.78 is 38.9. The van der Waals surface area contributed by atoms with E-state index in [2.05, 4.69) is 5.32 Å². The molecule has 102 valence electrons. The molecule has 1 aromatic rings. The lowest BCUT2D eigenvalue weighted by Crippen LogP contribution is -2.54. The Balaban J connectivity index is 2.01. The molecule has 0 saturated carbocycles. The zero-order valence-electron chi connectivity index (χ0n) is 9.49. The van der Waals surface area contributed by atoms with Crippen LogP contribution < -0.4 is 5.32 Å². The minimum absolute atomic E-state index is 0.00748. The highest BCUT2D eigenvalue weighted by atomic mass is 19.2. The zero-order valence-corrected chi connectivity index (χ0v) is 9.49. The van der Waals surface area contributed by atoms with Gasteiger partial charge in [-0.3, -0.25) is 4.79 Å². The maximum Gasteiger partial charge on any atom is 0.321 e. The number of hydrogen-bond donors (Lipinski definition) is 2. The van der Waals surface area contributed by atoms with Crippen molar-refractivity contribution in [3.05, 3.63) is 29.6 Å². The van der Waals surface area contributed by atoms with Gasteiger partial charge in [0.1, 0.15) is 0 Å². The number of likely N-dealkylation sites (tertiary alicyclic amines) is 1. The molecule has 0 radical (unpaired) electrons. The van der Waals surface area contributed by atoms with Crippen LogP contribution in [0.4, 0.5) is 23.7 Å². The van der Waals surface area contributed by atoms with E-state index >= 15 is 0 Å². The lowest BCUT2D eigenvalue weighted by Gasteiger charge is -2.36. The maximum absolute atomic E-state index is 13.3. The monoisotopic (exact) mass is 274 g/mol. The van der Waals surface area contributed by atoms with E-state index in [-0.39, 0.29) is 13.1 Å². The number of urea groups is 1. The van der Waals surface area contributed by atoms with E-state index < -0.39 is 41.1 Å². The van der Waals surface area contributed by atoms with Crippen molar-refractivity contribution < 1.29 is 27.9 Å². The molecule has 0 aliphatic carbocycles. The summed E-state index contributed by atoms with van der Waals surface area (Å²) >= 11 is 0. The summed E-state index contributed by atoms with van der Waals surface area (Å²) in [7, 11) is 0. The number of benzene rings is 1. The molecule has 0 atom stereocenters. The number of halogens is 3. The van der Waals surface area contributed by atoms with Crippen molar-refractivity contribution in [1.82, 2.24) is 4.90 Å². The number of anilines is 1. The van der Waals surface area contributed by atoms with E-state index in [9.17, 15) is 22.8 Å². The summed E-state index contributed by atoms with van der Waals surface area (Å²) in [5.74, 6) is -6.21. The molecule has 1 saturated heterocycles. The van der Waals surface area contributed by atoms with Gasteiger partial charge in [-0.2, -0.15) is 0 Å². The highest BCUT2D eigenvalue weighted by Gasteiger charge is 2.35. The summed E-state index contributed by atoms with van der Waals surface area (Å²) in [6, 6.07) is 0.812. The topological polar surface area (TPSA) is 69.6 Å². The first-order chi connectivity index (χ1) is 8.90. The number of nitrogens with zero attached hydrogens (tertiary/aromatic N) is 1. The SMILES string of the molecule is O=C(O)C1CN(C(=O)Nc2ccc(F)c(F)c2F)C1. The van der Waals surface area contributed by atoms with E-state index in [1.165, 1.54) is 0 Å². The van der Waals surface area contributed by atoms with Gasteiger partial charge in [0.2, 0.25) is 0 Å². The van der Waals surface area contributed by atoms with Crippen LogP contribution in [0.1, 0.15) is 0 Å². The lowest BCUT2D eigenvalue weighted by molar-refractivity contribution is -0.145. The Bertz CT molecular complexity index is 544. The average molecular weight is 274 g/mol. The summed E-state index contributed by atoms with van der Waals surface area (Å²) in [5.41, 5.74) is -0.498. The van der Waals surface area contributed by atoms with Gasteiger partial charge in [-0.1, -0.05) is 0 Å². The van der Waals surface area contributed by atoms with Crippen LogP contribution in [0.25, 0.3) is 0 Å². The molecule has 2 N–H and O–H groups in total. The second-order valence-electron chi connectivity index (χ2n) is 4.09. The van der Waals surface area contributed by atoms with Crippen LogP contribution in [0, 0.1) is 23.4 Å². The molecule has 0 bridgehead atoms. The summed E-state index contributed by atoms with van der Waals surface area (Å²) in [5, 5.41) is 10.7. The molecule has 0 unspecified atom stereocenters. The Morgan fingerprint density at radius 2 is 1.84 bits per heavy atom. The van der Waals surface area contributed by atoms with Gasteiger partial charge in [0.25, 0.3) is 0 Å². The maximum atomic E-state index is 13.3. The molecular weight excluding hydrogens is 265 g/mol. The van der Waals surface area contributed by atoms with Crippen LogP contribution in [0.3, 0.4) is 0 Å². The number of nitrogens with one attached hydrogen (secondary N) is 1. The average Bonchev–Trinajstić information content (AvgIpc) is 2.27. The number of aliphatic carboxylic acids is 1. The standard InChI is InChI=1S/C11H9F3N2O3/c12-6-1-2-7(9(14)8(6)13)15-11(19)16-3-5(4-16)10(17)18/h1-2,5H,3-4H2,(H,15,19)(H,17,18). The number of carboxylic acid groups (broad SMARTS) is 1. The molecule has 0 aromatic heterocycles. The fraction of sp³-hybridized carbons (Fsp3) is 0.273. The van der Waals surface area contributed by atoms with Gasteiger partial charge in [0, 0.05) is 13.1 Å². The van der Waals surface area contributed by atoms with Crippen LogP contribution in [0.5, 0.6) is 0 Å². The Morgan fingerprint density at radius 3 is 2.42 bits per heavy atom. The first-order valence-corrected chi connectivity index (χ1v) is 5.32. The van der Waals surface area contributed by atoms with Crippen molar-refractivity contribution in [1.29, 1.82) is 0 Å². The number of amides is 2. The molecule has 1 fully saturated rings. The smallest absolute Gasteiger partial charge is 0.321 e. The number of carboxylic acids is 1. The van der Waals surface area contributed by atoms with Gasteiger partial charge in [-0.25, -0.2) is 18.0 Å². The van der Waals surface area contributed by atoms with Crippen LogP contribution in [0.15, 0.2) is 12.1 Å². The number of hydrogen-bond acceptors (Lipinski definition) is 2. The van der Waals surface area contributed by atoms with E-state index in [0.717, 1.165) is 11.0 Å². The van der Waals surface area contributed by atoms with Gasteiger partial charge in [0.05, 0.1) is 11.6 Å². The van der Waals surface area contributed by atoms with Crippen molar-refractivity contribution in [2.24, 2.45) is 5.92 Å². The summed E-state index contributed by atoms with van der Waals surface area (Å²) in [6.45, 7) is -0.0150. The highest BCUT2D eigenvalue weighted by Crippen LogP contribution is 2.22. The summed E-state index contributed by atoms with van der Waals surface area (Å²) in [6.07, 6.45) is 0. The molecule has 5 nitrogen and oxygen atoms in total. The zero-order chi connectivity index (χ0) is 14.2. The van der Waals surface area contributed by atoms with Crippen LogP contribution in [-0.2, 0) is 4.79 Å². The Labute approximate surface area is 105 Å². The molecule has 1 heterocycles. The molecule has 2 amide bonds. The van der Waals surface area contributed by atoms with Crippen molar-refractivity contribution in [3.8, 4) is 0 Å². The third-order valence-electron chi connectivity index (χ3n) is 2.79. The molecular formula is C11H9F3N2O3. The lowest BCUT2D eigenvalue weighted by atomic mass is 10.0. The Morgan fingerprint density at radius 1 is 1.21 bits per heavy atom. The number of rotatable bonds is 2. The fourth-order valence-electron chi connectivity index (χ4n) is 1.62. The first-order valence-electron chi connectivity index (χ1n) is 5.32. The molecule has 2 rings (SSSR count). The largest absolute Gasteiger partial charge is 0.481 e. The van der Waals surface area contributed by atoms with Crippen LogP contribution in [0.2, 0.25) is 0 Å². The molecule has 8 heteroatoms. The highest BCUT2D eigenvalue weighted by molar-refractivity contribution is 5.91. The normalized spacial score (nSPS) is 15.0. The van der Waals surface area contributed by atoms with E-state index in [0.29, 0.717) is 6.07 Å². The van der Waals surface area contributed by atoms with E-state index in [1.54, 1.807) is 0 Å². The number of carbonyl (C=O) groups is 2. The number of carbonyl (C=O) groups excluding carboxylic acids is 1. The molecule has 1 aliphatic rings. The molecule has 1 aliphatic heterocycles. The van der Waals surface area contributed by atoms with Gasteiger partial charge >= 0.3 is 12.0 Å². The van der Waals surface area contributed by atoms with Crippen molar-refractivity contribution in [2.75, 3.05) is 18.4 Å². The minimum atomic E-state index is -1.68. The predicted octanol–water partition coefficient (Wildman–Crippen LogP) is 1.65. The van der Waals surface area contributed by atoms with Crippen molar-refractivity contribution in [2.45, 2.75) is 0 Å². The van der Waals surface area contributed by atoms with Gasteiger partial charge in [-0.05, 0) is 12.1 Å². The van der Waals surface area contributed by atoms with Gasteiger partial charge in [-0.15, -0.1) is 0 Å². The van der Waals surface area contributed by atoms with E-state index in [4.69, 9.17) is 5.11 Å². The third kappa shape index (κ3) is 2.47. The van der Waals surface area contributed by atoms with Crippen LogP contribution >= 0.6 is 0 Å². The van der Waals surface area contributed by atoms with Gasteiger partial charge < -0.3 is 15.3 Å². The Kier molecular flexibility index (Phi) is 3.32.